The molecule has 0 aliphatic rings. The first-order chi connectivity index (χ1) is 8.63. The summed E-state index contributed by atoms with van der Waals surface area (Å²) in [6.45, 7) is 10.0. The fraction of sp³-hybridized carbons (Fsp3) is 0.733. The number of halogens is 1. The number of thiophene rings is 1. The van der Waals surface area contributed by atoms with Crippen molar-refractivity contribution in [2.75, 3.05) is 6.54 Å². The van der Waals surface area contributed by atoms with Crippen LogP contribution in [0.4, 0.5) is 0 Å². The van der Waals surface area contributed by atoms with E-state index in [0.717, 1.165) is 12.5 Å². The third kappa shape index (κ3) is 4.36. The smallest absolute Gasteiger partial charge is 0.0731 e. The van der Waals surface area contributed by atoms with Crippen molar-refractivity contribution in [2.24, 2.45) is 5.92 Å². The Morgan fingerprint density at radius 1 is 1.22 bits per heavy atom. The zero-order valence-corrected chi connectivity index (χ0v) is 14.5. The van der Waals surface area contributed by atoms with E-state index in [1.54, 1.807) is 0 Å². The maximum Gasteiger partial charge on any atom is 0.0731 e. The standard InChI is InChI=1S/C15H26BrNS/c1-5-8-12(9-6-2)14(17-7-3)13-10-11(4)15(16)18-13/h10,12,14,17H,5-9H2,1-4H3. The van der Waals surface area contributed by atoms with Crippen LogP contribution in [0.3, 0.4) is 0 Å². The van der Waals surface area contributed by atoms with Gasteiger partial charge >= 0.3 is 0 Å². The van der Waals surface area contributed by atoms with Crippen LogP contribution in [-0.4, -0.2) is 6.54 Å². The Kier molecular flexibility index (Phi) is 7.50. The first kappa shape index (κ1) is 16.2. The lowest BCUT2D eigenvalue weighted by Crippen LogP contribution is -2.27. The molecule has 3 heteroatoms. The van der Waals surface area contributed by atoms with Crippen molar-refractivity contribution >= 4 is 27.3 Å². The van der Waals surface area contributed by atoms with E-state index < -0.39 is 0 Å². The zero-order valence-electron chi connectivity index (χ0n) is 12.1. The van der Waals surface area contributed by atoms with Crippen LogP contribution in [0.1, 0.15) is 62.9 Å². The van der Waals surface area contributed by atoms with E-state index in [-0.39, 0.29) is 0 Å². The minimum atomic E-state index is 0.532. The van der Waals surface area contributed by atoms with Crippen LogP contribution in [0.25, 0.3) is 0 Å². The molecule has 1 atom stereocenters. The van der Waals surface area contributed by atoms with Crippen LogP contribution in [0.2, 0.25) is 0 Å². The molecular formula is C15H26BrNS. The molecule has 1 aromatic rings. The van der Waals surface area contributed by atoms with E-state index in [0.29, 0.717) is 6.04 Å². The third-order valence-corrected chi connectivity index (χ3v) is 5.62. The number of aryl methyl sites for hydroxylation is 1. The molecule has 0 radical (unpaired) electrons. The molecule has 0 bridgehead atoms. The molecule has 0 aromatic carbocycles. The van der Waals surface area contributed by atoms with Gasteiger partial charge in [0.2, 0.25) is 0 Å². The SMILES string of the molecule is CCCC(CCC)C(NCC)c1cc(C)c(Br)s1. The van der Waals surface area contributed by atoms with Crippen molar-refractivity contribution in [3.8, 4) is 0 Å². The zero-order chi connectivity index (χ0) is 13.5. The molecule has 0 saturated heterocycles. The summed E-state index contributed by atoms with van der Waals surface area (Å²) < 4.78 is 1.28. The quantitative estimate of drug-likeness (QED) is 0.645. The van der Waals surface area contributed by atoms with Gasteiger partial charge in [-0.05, 0) is 59.8 Å². The minimum Gasteiger partial charge on any atom is -0.309 e. The molecule has 0 spiro atoms. The van der Waals surface area contributed by atoms with Crippen molar-refractivity contribution < 1.29 is 0 Å². The predicted octanol–water partition coefficient (Wildman–Crippen LogP) is 5.69. The maximum atomic E-state index is 3.70. The van der Waals surface area contributed by atoms with Crippen LogP contribution >= 0.6 is 27.3 Å². The highest BCUT2D eigenvalue weighted by molar-refractivity contribution is 9.11. The van der Waals surface area contributed by atoms with Gasteiger partial charge in [-0.2, -0.15) is 0 Å². The van der Waals surface area contributed by atoms with Crippen LogP contribution < -0.4 is 5.32 Å². The fourth-order valence-electron chi connectivity index (χ4n) is 2.58. The van der Waals surface area contributed by atoms with Gasteiger partial charge in [0.05, 0.1) is 3.79 Å². The molecule has 104 valence electrons. The van der Waals surface area contributed by atoms with Crippen molar-refractivity contribution in [3.05, 3.63) is 20.3 Å². The van der Waals surface area contributed by atoms with E-state index in [1.807, 2.05) is 11.3 Å². The molecule has 1 unspecified atom stereocenters. The number of rotatable bonds is 8. The molecule has 1 rings (SSSR count). The summed E-state index contributed by atoms with van der Waals surface area (Å²) in [5.74, 6) is 0.768. The lowest BCUT2D eigenvalue weighted by molar-refractivity contribution is 0.324. The molecule has 0 aliphatic carbocycles. The van der Waals surface area contributed by atoms with Gasteiger partial charge in [-0.15, -0.1) is 11.3 Å². The highest BCUT2D eigenvalue weighted by Gasteiger charge is 2.23. The lowest BCUT2D eigenvalue weighted by atomic mass is 9.89. The summed E-state index contributed by atoms with van der Waals surface area (Å²) in [5.41, 5.74) is 1.37. The second-order valence-corrected chi connectivity index (χ2v) is 7.38. The topological polar surface area (TPSA) is 12.0 Å². The summed E-state index contributed by atoms with van der Waals surface area (Å²) in [6.07, 6.45) is 5.19. The van der Waals surface area contributed by atoms with Crippen LogP contribution in [0.5, 0.6) is 0 Å². The summed E-state index contributed by atoms with van der Waals surface area (Å²) in [5, 5.41) is 3.70. The van der Waals surface area contributed by atoms with Gasteiger partial charge in [-0.25, -0.2) is 0 Å². The lowest BCUT2D eigenvalue weighted by Gasteiger charge is -2.26. The molecule has 1 heterocycles. The molecule has 0 aliphatic heterocycles. The highest BCUT2D eigenvalue weighted by Crippen LogP contribution is 2.37. The van der Waals surface area contributed by atoms with Crippen molar-refractivity contribution in [1.82, 2.24) is 5.32 Å². The second-order valence-electron chi connectivity index (χ2n) is 4.98. The Labute approximate surface area is 125 Å². The molecular weight excluding hydrogens is 306 g/mol. The van der Waals surface area contributed by atoms with Crippen molar-refractivity contribution in [1.29, 1.82) is 0 Å². The van der Waals surface area contributed by atoms with E-state index in [2.05, 4.69) is 55.0 Å². The average Bonchev–Trinajstić information content (AvgIpc) is 2.66. The molecule has 1 nitrogen and oxygen atoms in total. The Hall–Kier alpha value is 0.140. The summed E-state index contributed by atoms with van der Waals surface area (Å²) >= 11 is 5.55. The van der Waals surface area contributed by atoms with Gasteiger partial charge in [-0.1, -0.05) is 33.6 Å². The highest BCUT2D eigenvalue weighted by atomic mass is 79.9. The summed E-state index contributed by atoms with van der Waals surface area (Å²) in [4.78, 5) is 1.49. The van der Waals surface area contributed by atoms with Gasteiger partial charge in [0.25, 0.3) is 0 Å². The average molecular weight is 332 g/mol. The molecule has 1 N–H and O–H groups in total. The monoisotopic (exact) mass is 331 g/mol. The van der Waals surface area contributed by atoms with Gasteiger partial charge in [0, 0.05) is 10.9 Å². The van der Waals surface area contributed by atoms with Crippen LogP contribution in [-0.2, 0) is 0 Å². The Bertz CT molecular complexity index is 323. The van der Waals surface area contributed by atoms with Gasteiger partial charge in [-0.3, -0.25) is 0 Å². The Balaban J connectivity index is 2.90. The van der Waals surface area contributed by atoms with E-state index in [9.17, 15) is 0 Å². The van der Waals surface area contributed by atoms with E-state index in [4.69, 9.17) is 0 Å². The molecule has 18 heavy (non-hydrogen) atoms. The molecule has 0 saturated carbocycles. The van der Waals surface area contributed by atoms with Crippen molar-refractivity contribution in [3.63, 3.8) is 0 Å². The predicted molar refractivity (Wildman–Crippen MR) is 86.5 cm³/mol. The minimum absolute atomic E-state index is 0.532. The van der Waals surface area contributed by atoms with Gasteiger partial charge in [0.15, 0.2) is 0 Å². The summed E-state index contributed by atoms with van der Waals surface area (Å²) in [7, 11) is 0. The van der Waals surface area contributed by atoms with Crippen LogP contribution in [0.15, 0.2) is 9.85 Å². The first-order valence-electron chi connectivity index (χ1n) is 7.13. The summed E-state index contributed by atoms with van der Waals surface area (Å²) in [6, 6.07) is 2.88. The second kappa shape index (κ2) is 8.34. The third-order valence-electron chi connectivity index (χ3n) is 3.40. The molecule has 1 aromatic heterocycles. The largest absolute Gasteiger partial charge is 0.309 e. The maximum absolute atomic E-state index is 3.70. The van der Waals surface area contributed by atoms with E-state index in [1.165, 1.54) is 39.9 Å². The fourth-order valence-corrected chi connectivity index (χ4v) is 4.32. The number of nitrogens with one attached hydrogen (secondary N) is 1. The first-order valence-corrected chi connectivity index (χ1v) is 8.74. The number of hydrogen-bond donors (Lipinski definition) is 1. The van der Waals surface area contributed by atoms with Gasteiger partial charge in [0.1, 0.15) is 0 Å². The Morgan fingerprint density at radius 3 is 2.22 bits per heavy atom. The van der Waals surface area contributed by atoms with Gasteiger partial charge < -0.3 is 5.32 Å². The normalized spacial score (nSPS) is 13.2. The molecule has 0 amide bonds. The number of hydrogen-bond acceptors (Lipinski definition) is 2. The molecule has 0 fully saturated rings. The van der Waals surface area contributed by atoms with E-state index >= 15 is 0 Å². The Morgan fingerprint density at radius 2 is 1.83 bits per heavy atom. The van der Waals surface area contributed by atoms with Crippen molar-refractivity contribution in [2.45, 2.75) is 59.4 Å². The van der Waals surface area contributed by atoms with Crippen LogP contribution in [0, 0.1) is 12.8 Å².